The van der Waals surface area contributed by atoms with Crippen molar-refractivity contribution >= 4 is 33.4 Å². The second kappa shape index (κ2) is 8.10. The van der Waals surface area contributed by atoms with Crippen molar-refractivity contribution in [2.75, 3.05) is 7.11 Å². The number of rotatable bonds is 5. The predicted octanol–water partition coefficient (Wildman–Crippen LogP) is 3.24. The minimum Gasteiger partial charge on any atom is -0.469 e. The molecule has 3 aromatic rings. The van der Waals surface area contributed by atoms with E-state index in [2.05, 4.69) is 11.1 Å². The molecule has 1 heterocycles. The predicted molar refractivity (Wildman–Crippen MR) is 102 cm³/mol. The number of carbonyl (C=O) groups is 2. The summed E-state index contributed by atoms with van der Waals surface area (Å²) in [5.41, 5.74) is 3.04. The zero-order chi connectivity index (χ0) is 18.5. The van der Waals surface area contributed by atoms with Crippen LogP contribution >= 0.6 is 11.3 Å². The lowest BCUT2D eigenvalue weighted by Crippen LogP contribution is -2.19. The van der Waals surface area contributed by atoms with Gasteiger partial charge in [-0.25, -0.2) is 0 Å². The first-order valence-electron chi connectivity index (χ1n) is 8.35. The van der Waals surface area contributed by atoms with E-state index < -0.39 is 0 Å². The number of methoxy groups -OCH3 is 1. The van der Waals surface area contributed by atoms with Gasteiger partial charge in [-0.15, -0.1) is 0 Å². The molecular weight excluding hydrogens is 348 g/mol. The second-order valence-corrected chi connectivity index (χ2v) is 7.01. The summed E-state index contributed by atoms with van der Waals surface area (Å²) in [6, 6.07) is 15.6. The Morgan fingerprint density at radius 2 is 1.92 bits per heavy atom. The van der Waals surface area contributed by atoms with E-state index in [1.54, 1.807) is 0 Å². The number of hydrogen-bond acceptors (Lipinski definition) is 4. The van der Waals surface area contributed by atoms with E-state index in [0.29, 0.717) is 11.3 Å². The molecule has 0 atom stereocenters. The number of hydrogen-bond donors (Lipinski definition) is 0. The molecule has 0 N–H and O–H groups in total. The molecule has 0 aliphatic carbocycles. The molecule has 0 aliphatic rings. The minimum absolute atomic E-state index is 0.203. The number of fused-ring (bicyclic) bond motifs is 1. The van der Waals surface area contributed by atoms with Crippen LogP contribution in [0.15, 0.2) is 53.5 Å². The summed E-state index contributed by atoms with van der Waals surface area (Å²) in [4.78, 5) is 28.9. The third-order valence-corrected chi connectivity index (χ3v) is 5.07. The molecule has 1 amide bonds. The van der Waals surface area contributed by atoms with Crippen LogP contribution in [0.2, 0.25) is 0 Å². The van der Waals surface area contributed by atoms with Crippen LogP contribution in [-0.2, 0) is 27.3 Å². The van der Waals surface area contributed by atoms with Gasteiger partial charge in [0.05, 0.1) is 30.2 Å². The van der Waals surface area contributed by atoms with Crippen molar-refractivity contribution < 1.29 is 14.3 Å². The molecule has 3 rings (SSSR count). The van der Waals surface area contributed by atoms with E-state index >= 15 is 0 Å². The van der Waals surface area contributed by atoms with Crippen LogP contribution in [-0.4, -0.2) is 23.6 Å². The van der Waals surface area contributed by atoms with Gasteiger partial charge in [-0.05, 0) is 30.2 Å². The highest BCUT2D eigenvalue weighted by Crippen LogP contribution is 2.19. The average molecular weight is 368 g/mol. The van der Waals surface area contributed by atoms with Crippen LogP contribution in [0.1, 0.15) is 17.5 Å². The number of nitrogens with zero attached hydrogens (tertiary/aromatic N) is 2. The Balaban J connectivity index is 1.97. The minimum atomic E-state index is -0.287. The Labute approximate surface area is 155 Å². The first-order chi connectivity index (χ1) is 12.6. The van der Waals surface area contributed by atoms with Gasteiger partial charge in [-0.2, -0.15) is 4.99 Å². The van der Waals surface area contributed by atoms with Crippen molar-refractivity contribution in [1.82, 2.24) is 4.57 Å². The average Bonchev–Trinajstić information content (AvgIpc) is 2.96. The molecular formula is C20H20N2O3S. The standard InChI is InChI=1S/C20H20N2O3S/c1-14-8-9-16-17(12-14)26-20(22(16)11-10-19(24)25-2)21-18(23)13-15-6-4-3-5-7-15/h3-9,12H,10-11,13H2,1-2H3. The monoisotopic (exact) mass is 368 g/mol. The molecule has 0 radical (unpaired) electrons. The van der Waals surface area contributed by atoms with Gasteiger partial charge in [0.15, 0.2) is 4.80 Å². The van der Waals surface area contributed by atoms with E-state index in [0.717, 1.165) is 21.3 Å². The van der Waals surface area contributed by atoms with Crippen molar-refractivity contribution in [3.8, 4) is 0 Å². The maximum absolute atomic E-state index is 12.4. The molecule has 0 spiro atoms. The molecule has 2 aromatic carbocycles. The van der Waals surface area contributed by atoms with Gasteiger partial charge in [0.1, 0.15) is 0 Å². The van der Waals surface area contributed by atoms with E-state index in [4.69, 9.17) is 4.74 Å². The number of thiazole rings is 1. The van der Waals surface area contributed by atoms with Crippen LogP contribution < -0.4 is 4.80 Å². The molecule has 0 aliphatic heterocycles. The van der Waals surface area contributed by atoms with Crippen LogP contribution in [0.25, 0.3) is 10.2 Å². The molecule has 26 heavy (non-hydrogen) atoms. The molecule has 0 bridgehead atoms. The third-order valence-electron chi connectivity index (χ3n) is 4.02. The summed E-state index contributed by atoms with van der Waals surface area (Å²) in [6.45, 7) is 2.45. The van der Waals surface area contributed by atoms with Crippen molar-refractivity contribution in [1.29, 1.82) is 0 Å². The van der Waals surface area contributed by atoms with E-state index in [-0.39, 0.29) is 24.7 Å². The first-order valence-corrected chi connectivity index (χ1v) is 9.17. The highest BCUT2D eigenvalue weighted by atomic mass is 32.1. The van der Waals surface area contributed by atoms with Crippen molar-refractivity contribution in [3.05, 3.63) is 64.5 Å². The van der Waals surface area contributed by atoms with Gasteiger partial charge < -0.3 is 9.30 Å². The summed E-state index contributed by atoms with van der Waals surface area (Å²) in [6.07, 6.45) is 0.487. The van der Waals surface area contributed by atoms with E-state index in [9.17, 15) is 9.59 Å². The highest BCUT2D eigenvalue weighted by Gasteiger charge is 2.10. The number of aromatic nitrogens is 1. The van der Waals surface area contributed by atoms with Gasteiger partial charge >= 0.3 is 5.97 Å². The van der Waals surface area contributed by atoms with Gasteiger partial charge in [-0.3, -0.25) is 9.59 Å². The Hall–Kier alpha value is -2.73. The molecule has 1 aromatic heterocycles. The Bertz CT molecular complexity index is 1000. The molecule has 134 valence electrons. The van der Waals surface area contributed by atoms with Crippen LogP contribution in [0.5, 0.6) is 0 Å². The Kier molecular flexibility index (Phi) is 5.63. The number of amides is 1. The molecule has 0 saturated carbocycles. The molecule has 0 fully saturated rings. The largest absolute Gasteiger partial charge is 0.469 e. The zero-order valence-corrected chi connectivity index (χ0v) is 15.6. The number of carbonyl (C=O) groups excluding carboxylic acids is 2. The summed E-state index contributed by atoms with van der Waals surface area (Å²) >= 11 is 1.46. The fourth-order valence-corrected chi connectivity index (χ4v) is 3.88. The number of esters is 1. The summed E-state index contributed by atoms with van der Waals surface area (Å²) in [5, 5.41) is 0. The summed E-state index contributed by atoms with van der Waals surface area (Å²) < 4.78 is 7.69. The van der Waals surface area contributed by atoms with E-state index in [1.165, 1.54) is 18.4 Å². The summed E-state index contributed by atoms with van der Waals surface area (Å²) in [7, 11) is 1.37. The van der Waals surface area contributed by atoms with Gasteiger partial charge in [0.25, 0.3) is 5.91 Å². The molecule has 0 saturated heterocycles. The van der Waals surface area contributed by atoms with E-state index in [1.807, 2.05) is 54.0 Å². The molecule has 5 nitrogen and oxygen atoms in total. The van der Waals surface area contributed by atoms with Crippen molar-refractivity contribution in [2.24, 2.45) is 4.99 Å². The summed E-state index contributed by atoms with van der Waals surface area (Å²) in [5.74, 6) is -0.489. The maximum atomic E-state index is 12.4. The van der Waals surface area contributed by atoms with Crippen LogP contribution in [0, 0.1) is 6.92 Å². The van der Waals surface area contributed by atoms with Gasteiger partial charge in [-0.1, -0.05) is 47.7 Å². The van der Waals surface area contributed by atoms with Crippen molar-refractivity contribution in [3.63, 3.8) is 0 Å². The van der Waals surface area contributed by atoms with Crippen molar-refractivity contribution in [2.45, 2.75) is 26.3 Å². The zero-order valence-electron chi connectivity index (χ0n) is 14.8. The molecule has 6 heteroatoms. The Morgan fingerprint density at radius 3 is 2.65 bits per heavy atom. The Morgan fingerprint density at radius 1 is 1.15 bits per heavy atom. The lowest BCUT2D eigenvalue weighted by atomic mass is 10.1. The second-order valence-electron chi connectivity index (χ2n) is 6.00. The fraction of sp³-hybridized carbons (Fsp3) is 0.250. The SMILES string of the molecule is COC(=O)CCn1c(=NC(=O)Cc2ccccc2)sc2cc(C)ccc21. The normalized spacial score (nSPS) is 11.7. The smallest absolute Gasteiger partial charge is 0.307 e. The number of aryl methyl sites for hydroxylation is 2. The van der Waals surface area contributed by atoms with Gasteiger partial charge in [0.2, 0.25) is 0 Å². The van der Waals surface area contributed by atoms with Crippen LogP contribution in [0.3, 0.4) is 0 Å². The lowest BCUT2D eigenvalue weighted by molar-refractivity contribution is -0.140. The topological polar surface area (TPSA) is 60.7 Å². The van der Waals surface area contributed by atoms with Crippen LogP contribution in [0.4, 0.5) is 0 Å². The maximum Gasteiger partial charge on any atom is 0.307 e. The quantitative estimate of drug-likeness (QED) is 0.650. The van der Waals surface area contributed by atoms with Gasteiger partial charge in [0, 0.05) is 6.54 Å². The lowest BCUT2D eigenvalue weighted by Gasteiger charge is -2.04. The first kappa shape index (κ1) is 18.1. The fourth-order valence-electron chi connectivity index (χ4n) is 2.70. The highest BCUT2D eigenvalue weighted by molar-refractivity contribution is 7.16. The number of benzene rings is 2. The third kappa shape index (κ3) is 4.26. The molecule has 0 unspecified atom stereocenters. The number of ether oxygens (including phenoxy) is 1.